The van der Waals surface area contributed by atoms with Gasteiger partial charge in [0.05, 0.1) is 24.1 Å². The number of halogens is 4. The lowest BCUT2D eigenvalue weighted by molar-refractivity contribution is -0.142. The standard InChI is InChI=1S/C15H17Cl2FN2O2.ClH/c16-11-6-12(17)13(18)5-10(11)14-8-20(3-4-22-14)15(21)9-1-2-19-7-9;/h5-6,9,14,19H,1-4,7-8H2;1H. The molecule has 8 heteroatoms. The van der Waals surface area contributed by atoms with Gasteiger partial charge in [0.2, 0.25) is 5.91 Å². The molecule has 128 valence electrons. The Bertz CT molecular complexity index is 582. The van der Waals surface area contributed by atoms with E-state index in [9.17, 15) is 9.18 Å². The number of carbonyl (C=O) groups excluding carboxylic acids is 1. The second-order valence-corrected chi connectivity index (χ2v) is 6.44. The van der Waals surface area contributed by atoms with Gasteiger partial charge in [-0.15, -0.1) is 12.4 Å². The predicted octanol–water partition coefficient (Wildman–Crippen LogP) is 3.06. The summed E-state index contributed by atoms with van der Waals surface area (Å²) < 4.78 is 19.4. The first kappa shape index (κ1) is 18.7. The van der Waals surface area contributed by atoms with E-state index in [2.05, 4.69) is 5.32 Å². The normalized spacial score (nSPS) is 24.4. The number of morpholine rings is 1. The van der Waals surface area contributed by atoms with E-state index in [0.717, 1.165) is 19.5 Å². The maximum Gasteiger partial charge on any atom is 0.227 e. The van der Waals surface area contributed by atoms with E-state index < -0.39 is 11.9 Å². The topological polar surface area (TPSA) is 41.6 Å². The number of nitrogens with zero attached hydrogens (tertiary/aromatic N) is 1. The number of nitrogens with one attached hydrogen (secondary N) is 1. The van der Waals surface area contributed by atoms with E-state index in [4.69, 9.17) is 27.9 Å². The highest BCUT2D eigenvalue weighted by Gasteiger charge is 2.32. The molecule has 0 saturated carbocycles. The Morgan fingerprint density at radius 2 is 2.13 bits per heavy atom. The van der Waals surface area contributed by atoms with Gasteiger partial charge < -0.3 is 15.0 Å². The van der Waals surface area contributed by atoms with Gasteiger partial charge in [0.1, 0.15) is 11.9 Å². The molecule has 1 aromatic carbocycles. The molecule has 1 aromatic rings. The SMILES string of the molecule is Cl.O=C(C1CCNC1)N1CCOC(c2cc(F)c(Cl)cc2Cl)C1. The zero-order chi connectivity index (χ0) is 15.7. The van der Waals surface area contributed by atoms with Crippen molar-refractivity contribution in [3.05, 3.63) is 33.6 Å². The molecule has 3 rings (SSSR count). The highest BCUT2D eigenvalue weighted by molar-refractivity contribution is 6.35. The van der Waals surface area contributed by atoms with Crippen LogP contribution >= 0.6 is 35.6 Å². The number of benzene rings is 1. The van der Waals surface area contributed by atoms with Crippen molar-refractivity contribution in [2.45, 2.75) is 12.5 Å². The zero-order valence-corrected chi connectivity index (χ0v) is 14.7. The van der Waals surface area contributed by atoms with Gasteiger partial charge in [0, 0.05) is 23.7 Å². The van der Waals surface area contributed by atoms with Crippen LogP contribution in [0.1, 0.15) is 18.1 Å². The van der Waals surface area contributed by atoms with Gasteiger partial charge in [-0.1, -0.05) is 23.2 Å². The highest BCUT2D eigenvalue weighted by Crippen LogP contribution is 2.32. The van der Waals surface area contributed by atoms with Gasteiger partial charge in [-0.3, -0.25) is 4.79 Å². The molecule has 2 unspecified atom stereocenters. The first-order chi connectivity index (χ1) is 10.6. The first-order valence-electron chi connectivity index (χ1n) is 7.32. The third kappa shape index (κ3) is 4.09. The van der Waals surface area contributed by atoms with Gasteiger partial charge in [-0.2, -0.15) is 0 Å². The molecule has 23 heavy (non-hydrogen) atoms. The smallest absolute Gasteiger partial charge is 0.227 e. The van der Waals surface area contributed by atoms with Crippen molar-refractivity contribution in [1.82, 2.24) is 10.2 Å². The van der Waals surface area contributed by atoms with E-state index in [-0.39, 0.29) is 29.3 Å². The van der Waals surface area contributed by atoms with Gasteiger partial charge in [0.15, 0.2) is 0 Å². The summed E-state index contributed by atoms with van der Waals surface area (Å²) >= 11 is 11.9. The summed E-state index contributed by atoms with van der Waals surface area (Å²) in [4.78, 5) is 14.3. The molecule has 2 atom stereocenters. The van der Waals surface area contributed by atoms with Gasteiger partial charge in [-0.05, 0) is 25.1 Å². The zero-order valence-electron chi connectivity index (χ0n) is 12.4. The number of rotatable bonds is 2. The van der Waals surface area contributed by atoms with Crippen LogP contribution in [0.15, 0.2) is 12.1 Å². The van der Waals surface area contributed by atoms with Crippen molar-refractivity contribution >= 4 is 41.5 Å². The Morgan fingerprint density at radius 3 is 2.83 bits per heavy atom. The number of carbonyl (C=O) groups is 1. The van der Waals surface area contributed by atoms with Crippen LogP contribution in [-0.4, -0.2) is 43.6 Å². The molecule has 2 aliphatic rings. The minimum Gasteiger partial charge on any atom is -0.370 e. The monoisotopic (exact) mass is 382 g/mol. The molecule has 1 N–H and O–H groups in total. The molecular weight excluding hydrogens is 366 g/mol. The number of hydrogen-bond acceptors (Lipinski definition) is 3. The molecule has 1 amide bonds. The van der Waals surface area contributed by atoms with Crippen LogP contribution in [0.3, 0.4) is 0 Å². The molecule has 2 fully saturated rings. The quantitative estimate of drug-likeness (QED) is 0.798. The van der Waals surface area contributed by atoms with Crippen LogP contribution in [0.25, 0.3) is 0 Å². The van der Waals surface area contributed by atoms with Crippen LogP contribution in [0.4, 0.5) is 4.39 Å². The Hall–Kier alpha value is -0.590. The van der Waals surface area contributed by atoms with Crippen LogP contribution in [-0.2, 0) is 9.53 Å². The van der Waals surface area contributed by atoms with Crippen molar-refractivity contribution in [2.24, 2.45) is 5.92 Å². The minimum absolute atomic E-state index is 0. The summed E-state index contributed by atoms with van der Waals surface area (Å²) in [5.41, 5.74) is 0.533. The van der Waals surface area contributed by atoms with Gasteiger partial charge in [-0.25, -0.2) is 4.39 Å². The predicted molar refractivity (Wildman–Crippen MR) is 89.9 cm³/mol. The van der Waals surface area contributed by atoms with Gasteiger partial charge >= 0.3 is 0 Å². The maximum atomic E-state index is 13.7. The lowest BCUT2D eigenvalue weighted by Crippen LogP contribution is -2.45. The van der Waals surface area contributed by atoms with Crippen molar-refractivity contribution < 1.29 is 13.9 Å². The molecule has 2 heterocycles. The van der Waals surface area contributed by atoms with Gasteiger partial charge in [0.25, 0.3) is 0 Å². The first-order valence-corrected chi connectivity index (χ1v) is 8.07. The molecule has 0 aromatic heterocycles. The molecule has 4 nitrogen and oxygen atoms in total. The maximum absolute atomic E-state index is 13.7. The lowest BCUT2D eigenvalue weighted by atomic mass is 10.0. The number of ether oxygens (including phenoxy) is 1. The average Bonchev–Trinajstić information content (AvgIpc) is 3.04. The Balaban J connectivity index is 0.00000192. The molecule has 0 bridgehead atoms. The average molecular weight is 384 g/mol. The number of amides is 1. The van der Waals surface area contributed by atoms with Crippen LogP contribution in [0, 0.1) is 11.7 Å². The summed E-state index contributed by atoms with van der Waals surface area (Å²) in [6, 6.07) is 2.67. The summed E-state index contributed by atoms with van der Waals surface area (Å²) in [7, 11) is 0. The lowest BCUT2D eigenvalue weighted by Gasteiger charge is -2.35. The Morgan fingerprint density at radius 1 is 1.35 bits per heavy atom. The fraction of sp³-hybridized carbons (Fsp3) is 0.533. The van der Waals surface area contributed by atoms with Crippen molar-refractivity contribution in [3.8, 4) is 0 Å². The summed E-state index contributed by atoms with van der Waals surface area (Å²) in [5, 5.41) is 3.53. The fourth-order valence-electron chi connectivity index (χ4n) is 2.95. The highest BCUT2D eigenvalue weighted by atomic mass is 35.5. The van der Waals surface area contributed by atoms with E-state index >= 15 is 0 Å². The third-order valence-corrected chi connectivity index (χ3v) is 4.79. The van der Waals surface area contributed by atoms with Crippen LogP contribution < -0.4 is 5.32 Å². The van der Waals surface area contributed by atoms with Crippen LogP contribution in [0.2, 0.25) is 10.0 Å². The van der Waals surface area contributed by atoms with E-state index in [1.165, 1.54) is 12.1 Å². The third-order valence-electron chi connectivity index (χ3n) is 4.17. The molecular formula is C15H18Cl3FN2O2. The summed E-state index contributed by atoms with van der Waals surface area (Å²) in [5.74, 6) is -0.381. The molecule has 2 aliphatic heterocycles. The minimum atomic E-state index is -0.534. The van der Waals surface area contributed by atoms with Crippen molar-refractivity contribution in [3.63, 3.8) is 0 Å². The molecule has 0 aliphatic carbocycles. The van der Waals surface area contributed by atoms with Crippen molar-refractivity contribution in [1.29, 1.82) is 0 Å². The van der Waals surface area contributed by atoms with E-state index in [0.29, 0.717) is 30.3 Å². The molecule has 0 radical (unpaired) electrons. The van der Waals surface area contributed by atoms with E-state index in [1.807, 2.05) is 0 Å². The Kier molecular flexibility index (Phi) is 6.51. The largest absolute Gasteiger partial charge is 0.370 e. The second kappa shape index (κ2) is 7.99. The second-order valence-electron chi connectivity index (χ2n) is 5.62. The fourth-order valence-corrected chi connectivity index (χ4v) is 3.45. The van der Waals surface area contributed by atoms with Crippen LogP contribution in [0.5, 0.6) is 0 Å². The molecule has 0 spiro atoms. The summed E-state index contributed by atoms with van der Waals surface area (Å²) in [6.07, 6.45) is 0.434. The van der Waals surface area contributed by atoms with E-state index in [1.54, 1.807) is 4.90 Å². The number of hydrogen-bond donors (Lipinski definition) is 1. The Labute approximate surface area is 150 Å². The molecule has 2 saturated heterocycles. The van der Waals surface area contributed by atoms with Crippen molar-refractivity contribution in [2.75, 3.05) is 32.8 Å². The summed E-state index contributed by atoms with van der Waals surface area (Å²) in [6.45, 7) is 2.95.